The van der Waals surface area contributed by atoms with Crippen molar-refractivity contribution in [3.63, 3.8) is 0 Å². The highest BCUT2D eigenvalue weighted by Gasteiger charge is 2.21. The summed E-state index contributed by atoms with van der Waals surface area (Å²) in [6, 6.07) is 15.2. The van der Waals surface area contributed by atoms with Crippen LogP contribution in [-0.4, -0.2) is 23.3 Å². The molecule has 2 aromatic carbocycles. The number of rotatable bonds is 3. The fourth-order valence-corrected chi connectivity index (χ4v) is 2.80. The number of amides is 2. The van der Waals surface area contributed by atoms with Crippen LogP contribution in [0.25, 0.3) is 0 Å². The van der Waals surface area contributed by atoms with Crippen LogP contribution in [0, 0.1) is 0 Å². The van der Waals surface area contributed by atoms with E-state index in [1.165, 1.54) is 0 Å². The molecular weight excluding hydrogens is 276 g/mol. The number of nitrogens with zero attached hydrogens (tertiary/aromatic N) is 1. The van der Waals surface area contributed by atoms with Crippen molar-refractivity contribution in [3.05, 3.63) is 70.8 Å². The van der Waals surface area contributed by atoms with Gasteiger partial charge in [-0.05, 0) is 35.2 Å². The molecule has 0 saturated heterocycles. The van der Waals surface area contributed by atoms with Gasteiger partial charge in [-0.1, -0.05) is 36.4 Å². The molecular formula is C18H18N2O2. The monoisotopic (exact) mass is 294 g/mol. The minimum atomic E-state index is -0.412. The van der Waals surface area contributed by atoms with Crippen LogP contribution < -0.4 is 5.73 Å². The Morgan fingerprint density at radius 3 is 2.55 bits per heavy atom. The quantitative estimate of drug-likeness (QED) is 0.940. The number of hydrogen-bond acceptors (Lipinski definition) is 2. The summed E-state index contributed by atoms with van der Waals surface area (Å²) in [6.45, 7) is 1.28. The minimum Gasteiger partial charge on any atom is -0.366 e. The summed E-state index contributed by atoms with van der Waals surface area (Å²) in [6.07, 6.45) is 1.19. The molecule has 0 aliphatic carbocycles. The first-order valence-electron chi connectivity index (χ1n) is 7.37. The number of nitrogens with two attached hydrogens (primary N) is 1. The number of fused-ring (bicyclic) bond motifs is 1. The van der Waals surface area contributed by atoms with Gasteiger partial charge in [0.15, 0.2) is 0 Å². The molecule has 0 fully saturated rings. The zero-order valence-corrected chi connectivity index (χ0v) is 12.3. The Hall–Kier alpha value is -2.62. The van der Waals surface area contributed by atoms with Crippen LogP contribution in [0.4, 0.5) is 0 Å². The van der Waals surface area contributed by atoms with Gasteiger partial charge in [0.2, 0.25) is 11.8 Å². The first-order chi connectivity index (χ1) is 10.6. The van der Waals surface area contributed by atoms with Crippen LogP contribution in [0.1, 0.15) is 27.0 Å². The fraction of sp³-hybridized carbons (Fsp3) is 0.222. The van der Waals surface area contributed by atoms with E-state index in [1.54, 1.807) is 6.07 Å². The van der Waals surface area contributed by atoms with E-state index in [4.69, 9.17) is 5.73 Å². The molecule has 2 aromatic rings. The van der Waals surface area contributed by atoms with Gasteiger partial charge in [-0.3, -0.25) is 9.59 Å². The molecule has 4 heteroatoms. The van der Waals surface area contributed by atoms with Crippen LogP contribution in [0.2, 0.25) is 0 Å². The average Bonchev–Trinajstić information content (AvgIpc) is 2.54. The Kier molecular flexibility index (Phi) is 3.92. The van der Waals surface area contributed by atoms with E-state index in [-0.39, 0.29) is 5.91 Å². The molecule has 0 unspecified atom stereocenters. The maximum atomic E-state index is 12.4. The van der Waals surface area contributed by atoms with E-state index in [1.807, 2.05) is 47.4 Å². The first kappa shape index (κ1) is 14.3. The van der Waals surface area contributed by atoms with Crippen LogP contribution in [0.5, 0.6) is 0 Å². The van der Waals surface area contributed by atoms with E-state index < -0.39 is 5.91 Å². The van der Waals surface area contributed by atoms with E-state index >= 15 is 0 Å². The minimum absolute atomic E-state index is 0.135. The van der Waals surface area contributed by atoms with Crippen molar-refractivity contribution in [2.24, 2.45) is 5.73 Å². The summed E-state index contributed by atoms with van der Waals surface area (Å²) in [7, 11) is 0. The number of benzene rings is 2. The molecule has 1 aliphatic heterocycles. The van der Waals surface area contributed by atoms with Gasteiger partial charge in [0.1, 0.15) is 0 Å². The maximum absolute atomic E-state index is 12.4. The third-order valence-corrected chi connectivity index (χ3v) is 4.05. The smallest absolute Gasteiger partial charge is 0.248 e. The first-order valence-corrected chi connectivity index (χ1v) is 7.37. The topological polar surface area (TPSA) is 63.4 Å². The zero-order valence-electron chi connectivity index (χ0n) is 12.3. The van der Waals surface area contributed by atoms with Gasteiger partial charge < -0.3 is 10.6 Å². The van der Waals surface area contributed by atoms with E-state index in [9.17, 15) is 9.59 Å². The summed E-state index contributed by atoms with van der Waals surface area (Å²) in [5.74, 6) is -0.277. The molecule has 0 saturated carbocycles. The van der Waals surface area contributed by atoms with E-state index in [0.717, 1.165) is 23.1 Å². The summed E-state index contributed by atoms with van der Waals surface area (Å²) in [5, 5.41) is 0. The molecule has 2 amide bonds. The molecule has 4 nitrogen and oxygen atoms in total. The van der Waals surface area contributed by atoms with Gasteiger partial charge >= 0.3 is 0 Å². The molecule has 0 spiro atoms. The zero-order chi connectivity index (χ0) is 15.5. The third kappa shape index (κ3) is 3.01. The highest BCUT2D eigenvalue weighted by atomic mass is 16.2. The molecule has 22 heavy (non-hydrogen) atoms. The van der Waals surface area contributed by atoms with Gasteiger partial charge in [-0.2, -0.15) is 0 Å². The molecule has 0 atom stereocenters. The number of hydrogen-bond donors (Lipinski definition) is 1. The third-order valence-electron chi connectivity index (χ3n) is 4.05. The fourth-order valence-electron chi connectivity index (χ4n) is 2.80. The van der Waals surface area contributed by atoms with Crippen molar-refractivity contribution in [3.8, 4) is 0 Å². The molecule has 1 aliphatic rings. The molecule has 3 rings (SSSR count). The van der Waals surface area contributed by atoms with Crippen molar-refractivity contribution in [2.75, 3.05) is 6.54 Å². The van der Waals surface area contributed by atoms with Gasteiger partial charge in [-0.15, -0.1) is 0 Å². The second-order valence-electron chi connectivity index (χ2n) is 5.58. The van der Waals surface area contributed by atoms with Crippen molar-refractivity contribution >= 4 is 11.8 Å². The molecule has 2 N–H and O–H groups in total. The van der Waals surface area contributed by atoms with Gasteiger partial charge in [0, 0.05) is 18.7 Å². The SMILES string of the molecule is NC(=O)c1ccc2c(c1)CCN(C(=O)Cc1ccccc1)C2. The van der Waals surface area contributed by atoms with Crippen LogP contribution in [0.3, 0.4) is 0 Å². The predicted octanol–water partition coefficient (Wildman–Crippen LogP) is 1.91. The normalized spacial score (nSPS) is 13.5. The lowest BCUT2D eigenvalue weighted by atomic mass is 9.96. The Balaban J connectivity index is 1.71. The molecule has 0 radical (unpaired) electrons. The molecule has 1 heterocycles. The Bertz CT molecular complexity index is 710. The van der Waals surface area contributed by atoms with Crippen molar-refractivity contribution in [1.29, 1.82) is 0 Å². The second kappa shape index (κ2) is 6.02. The van der Waals surface area contributed by atoms with Crippen molar-refractivity contribution in [1.82, 2.24) is 4.90 Å². The van der Waals surface area contributed by atoms with Gasteiger partial charge in [0.25, 0.3) is 0 Å². The van der Waals surface area contributed by atoms with Crippen molar-refractivity contribution < 1.29 is 9.59 Å². The highest BCUT2D eigenvalue weighted by Crippen LogP contribution is 2.21. The summed E-state index contributed by atoms with van der Waals surface area (Å²) >= 11 is 0. The lowest BCUT2D eigenvalue weighted by molar-refractivity contribution is -0.131. The van der Waals surface area contributed by atoms with Gasteiger partial charge in [0.05, 0.1) is 6.42 Å². The number of carbonyl (C=O) groups excluding carboxylic acids is 2. The Morgan fingerprint density at radius 2 is 1.82 bits per heavy atom. The standard InChI is InChI=1S/C18H18N2O2/c19-18(22)15-6-7-16-12-20(9-8-14(16)11-15)17(21)10-13-4-2-1-3-5-13/h1-7,11H,8-10,12H2,(H2,19,22). The highest BCUT2D eigenvalue weighted by molar-refractivity contribution is 5.93. The molecule has 0 aromatic heterocycles. The van der Waals surface area contributed by atoms with Crippen LogP contribution in [-0.2, 0) is 24.2 Å². The summed E-state index contributed by atoms with van der Waals surface area (Å²) < 4.78 is 0. The maximum Gasteiger partial charge on any atom is 0.248 e. The summed E-state index contributed by atoms with van der Waals surface area (Å²) in [5.41, 5.74) is 9.07. The van der Waals surface area contributed by atoms with Gasteiger partial charge in [-0.25, -0.2) is 0 Å². The molecule has 112 valence electrons. The van der Waals surface area contributed by atoms with E-state index in [2.05, 4.69) is 0 Å². The molecule has 0 bridgehead atoms. The largest absolute Gasteiger partial charge is 0.366 e. The lowest BCUT2D eigenvalue weighted by Gasteiger charge is -2.29. The second-order valence-corrected chi connectivity index (χ2v) is 5.58. The lowest BCUT2D eigenvalue weighted by Crippen LogP contribution is -2.37. The Morgan fingerprint density at radius 1 is 1.05 bits per heavy atom. The van der Waals surface area contributed by atoms with E-state index in [0.29, 0.717) is 25.1 Å². The summed E-state index contributed by atoms with van der Waals surface area (Å²) in [4.78, 5) is 25.5. The number of primary amides is 1. The number of carbonyl (C=O) groups is 2. The average molecular weight is 294 g/mol. The van der Waals surface area contributed by atoms with Crippen LogP contribution in [0.15, 0.2) is 48.5 Å². The Labute approximate surface area is 129 Å². The van der Waals surface area contributed by atoms with Crippen LogP contribution >= 0.6 is 0 Å². The van der Waals surface area contributed by atoms with Crippen molar-refractivity contribution in [2.45, 2.75) is 19.4 Å². The predicted molar refractivity (Wildman–Crippen MR) is 84.2 cm³/mol.